The molecular weight excluding hydrogens is 538 g/mol. The number of aryl methyl sites for hydroxylation is 1. The number of benzene rings is 2. The van der Waals surface area contributed by atoms with E-state index in [4.69, 9.17) is 4.42 Å². The number of hydrogen-bond donors (Lipinski definition) is 0. The van der Waals surface area contributed by atoms with Gasteiger partial charge in [0.05, 0.1) is 11.3 Å². The molecular formula is C40H48N3O+. The van der Waals surface area contributed by atoms with E-state index < -0.39 is 0 Å². The Bertz CT molecular complexity index is 1660. The lowest BCUT2D eigenvalue weighted by molar-refractivity contribution is -0.713. The highest BCUT2D eigenvalue weighted by Gasteiger charge is 2.28. The Balaban J connectivity index is 0.000000305. The van der Waals surface area contributed by atoms with Crippen molar-refractivity contribution in [2.45, 2.75) is 86.1 Å². The molecule has 3 aromatic heterocycles. The minimum atomic E-state index is 0.458. The molecule has 0 fully saturated rings. The van der Waals surface area contributed by atoms with Gasteiger partial charge in [-0.15, -0.1) is 0 Å². The molecule has 3 heterocycles. The summed E-state index contributed by atoms with van der Waals surface area (Å²) in [5, 5.41) is 1.07. The number of fused-ring (bicyclic) bond motifs is 1. The van der Waals surface area contributed by atoms with Gasteiger partial charge in [-0.3, -0.25) is 4.98 Å². The third kappa shape index (κ3) is 7.42. The third-order valence-corrected chi connectivity index (χ3v) is 8.28. The summed E-state index contributed by atoms with van der Waals surface area (Å²) in [7, 11) is 0. The van der Waals surface area contributed by atoms with E-state index in [-0.39, 0.29) is 0 Å². The zero-order chi connectivity index (χ0) is 31.6. The van der Waals surface area contributed by atoms with Crippen LogP contribution in [0.5, 0.6) is 0 Å². The van der Waals surface area contributed by atoms with E-state index in [0.29, 0.717) is 17.8 Å². The first-order valence-electron chi connectivity index (χ1n) is 16.0. The molecule has 0 spiro atoms. The summed E-state index contributed by atoms with van der Waals surface area (Å²) in [6.07, 6.45) is 10.5. The maximum atomic E-state index is 6.45. The summed E-state index contributed by atoms with van der Waals surface area (Å²) in [5.74, 6) is 1.16. The van der Waals surface area contributed by atoms with E-state index in [1.54, 1.807) is 0 Å². The summed E-state index contributed by atoms with van der Waals surface area (Å²) in [6, 6.07) is 25.6. The van der Waals surface area contributed by atoms with Crippen molar-refractivity contribution in [2.75, 3.05) is 0 Å². The first-order chi connectivity index (χ1) is 21.3. The second-order valence-electron chi connectivity index (χ2n) is 11.7. The van der Waals surface area contributed by atoms with Gasteiger partial charge in [0.25, 0.3) is 0 Å². The van der Waals surface area contributed by atoms with Crippen molar-refractivity contribution in [3.63, 3.8) is 0 Å². The summed E-state index contributed by atoms with van der Waals surface area (Å²) in [6.45, 7) is 19.3. The largest absolute Gasteiger partial charge is 0.437 e. The van der Waals surface area contributed by atoms with Gasteiger partial charge in [0.1, 0.15) is 0 Å². The molecule has 0 aliphatic heterocycles. The molecule has 0 N–H and O–H groups in total. The molecule has 5 aromatic rings. The molecule has 2 unspecified atom stereocenters. The van der Waals surface area contributed by atoms with Gasteiger partial charge >= 0.3 is 0 Å². The van der Waals surface area contributed by atoms with Crippen molar-refractivity contribution in [1.29, 1.82) is 0 Å². The predicted octanol–water partition coefficient (Wildman–Crippen LogP) is 11.5. The maximum Gasteiger partial charge on any atom is 0.227 e. The highest BCUT2D eigenvalue weighted by Crippen LogP contribution is 2.40. The van der Waals surface area contributed by atoms with Crippen LogP contribution in [0.25, 0.3) is 39.6 Å². The molecule has 0 amide bonds. The second kappa shape index (κ2) is 15.4. The van der Waals surface area contributed by atoms with Gasteiger partial charge in [-0.05, 0) is 62.8 Å². The Kier molecular flexibility index (Phi) is 11.4. The molecule has 228 valence electrons. The Morgan fingerprint density at radius 3 is 2.34 bits per heavy atom. The van der Waals surface area contributed by atoms with Crippen LogP contribution in [0.15, 0.2) is 101 Å². The summed E-state index contributed by atoms with van der Waals surface area (Å²) >= 11 is 0. The molecule has 4 nitrogen and oxygen atoms in total. The van der Waals surface area contributed by atoms with Gasteiger partial charge in [0.15, 0.2) is 17.8 Å². The molecule has 0 aliphatic carbocycles. The van der Waals surface area contributed by atoms with Gasteiger partial charge in [0.2, 0.25) is 11.6 Å². The van der Waals surface area contributed by atoms with E-state index in [1.807, 2.05) is 62.5 Å². The Labute approximate surface area is 264 Å². The van der Waals surface area contributed by atoms with Crippen molar-refractivity contribution >= 4 is 28.6 Å². The molecule has 44 heavy (non-hydrogen) atoms. The number of rotatable bonds is 10. The average molecular weight is 587 g/mol. The second-order valence-corrected chi connectivity index (χ2v) is 11.7. The number of aromatic nitrogens is 2. The summed E-state index contributed by atoms with van der Waals surface area (Å²) in [5.41, 5.74) is 10.0. The van der Waals surface area contributed by atoms with Crippen LogP contribution in [0.4, 0.5) is 5.88 Å². The molecule has 4 heteroatoms. The summed E-state index contributed by atoms with van der Waals surface area (Å²) < 4.78 is 8.92. The molecule has 2 aromatic carbocycles. The van der Waals surface area contributed by atoms with Crippen molar-refractivity contribution in [3.05, 3.63) is 108 Å². The van der Waals surface area contributed by atoms with Gasteiger partial charge in [-0.2, -0.15) is 4.57 Å². The monoisotopic (exact) mass is 586 g/mol. The lowest BCUT2D eigenvalue weighted by Crippen LogP contribution is -2.41. The van der Waals surface area contributed by atoms with Crippen LogP contribution in [0, 0.1) is 6.92 Å². The summed E-state index contributed by atoms with van der Waals surface area (Å²) in [4.78, 5) is 8.92. The van der Waals surface area contributed by atoms with Crippen LogP contribution in [0.3, 0.4) is 0 Å². The third-order valence-electron chi connectivity index (χ3n) is 8.28. The first-order valence-corrected chi connectivity index (χ1v) is 16.0. The van der Waals surface area contributed by atoms with Gasteiger partial charge in [-0.1, -0.05) is 88.9 Å². The van der Waals surface area contributed by atoms with Crippen LogP contribution in [0.1, 0.15) is 95.9 Å². The molecule has 0 saturated carbocycles. The number of hydrogen-bond acceptors (Lipinski definition) is 3. The zero-order valence-corrected chi connectivity index (χ0v) is 27.6. The van der Waals surface area contributed by atoms with Crippen LogP contribution >= 0.6 is 0 Å². The van der Waals surface area contributed by atoms with E-state index in [9.17, 15) is 0 Å². The van der Waals surface area contributed by atoms with Crippen LogP contribution < -0.4 is 4.57 Å². The smallest absolute Gasteiger partial charge is 0.227 e. The molecule has 0 radical (unpaired) electrons. The Morgan fingerprint density at radius 1 is 0.977 bits per heavy atom. The number of furan rings is 1. The van der Waals surface area contributed by atoms with Crippen molar-refractivity contribution < 1.29 is 8.98 Å². The standard InChI is InChI=1S/C29H39N2O.C11H9N/c1-9-13-23(11-3)31-17-16-22(20(7)10-2)18-26(31)27-21(8)14-15-25-24(12-4)29(30-19(5)6)32-28(25)27;1-2-6-10(7-3-1)11-8-4-5-9-12-11/h12,14-18,20,23H,4,9-11,13H2,1-3,5-8H3;1-9H/q+1;. The highest BCUT2D eigenvalue weighted by molar-refractivity contribution is 6.01. The Morgan fingerprint density at radius 2 is 1.73 bits per heavy atom. The van der Waals surface area contributed by atoms with E-state index >= 15 is 0 Å². The van der Waals surface area contributed by atoms with Crippen molar-refractivity contribution in [1.82, 2.24) is 4.98 Å². The lowest BCUT2D eigenvalue weighted by atomic mass is 9.94. The molecule has 5 rings (SSSR count). The van der Waals surface area contributed by atoms with Gasteiger partial charge < -0.3 is 4.42 Å². The highest BCUT2D eigenvalue weighted by atomic mass is 16.3. The van der Waals surface area contributed by atoms with Crippen molar-refractivity contribution in [3.8, 4) is 22.5 Å². The zero-order valence-electron chi connectivity index (χ0n) is 27.6. The molecule has 0 saturated heterocycles. The van der Waals surface area contributed by atoms with Crippen LogP contribution in [0.2, 0.25) is 0 Å². The fourth-order valence-electron chi connectivity index (χ4n) is 5.67. The quantitative estimate of drug-likeness (QED) is 0.121. The van der Waals surface area contributed by atoms with E-state index in [1.165, 1.54) is 22.4 Å². The SMILES string of the molecule is C=Cc1c(N=C(C)C)oc2c(-c3cc(C(C)CC)cc[n+]3C(CC)CCC)c(C)ccc12.c1ccc(-c2ccccn2)cc1. The topological polar surface area (TPSA) is 42.3 Å². The lowest BCUT2D eigenvalue weighted by Gasteiger charge is -2.17. The normalized spacial score (nSPS) is 12.2. The van der Waals surface area contributed by atoms with Crippen LogP contribution in [-0.2, 0) is 0 Å². The van der Waals surface area contributed by atoms with Crippen LogP contribution in [-0.4, -0.2) is 10.7 Å². The Hall–Kier alpha value is -4.31. The predicted molar refractivity (Wildman–Crippen MR) is 188 cm³/mol. The number of aliphatic imine (C=N–C) groups is 1. The number of nitrogens with zero attached hydrogens (tertiary/aromatic N) is 3. The van der Waals surface area contributed by atoms with Gasteiger partial charge in [-0.25, -0.2) is 4.99 Å². The average Bonchev–Trinajstić information content (AvgIpc) is 3.40. The fourth-order valence-corrected chi connectivity index (χ4v) is 5.67. The van der Waals surface area contributed by atoms with Gasteiger partial charge in [0, 0.05) is 53.4 Å². The van der Waals surface area contributed by atoms with E-state index in [0.717, 1.165) is 59.2 Å². The van der Waals surface area contributed by atoms with E-state index in [2.05, 4.69) is 98.3 Å². The molecule has 0 bridgehead atoms. The molecule has 0 aliphatic rings. The minimum absolute atomic E-state index is 0.458. The fraction of sp³-hybridized carbons (Fsp3) is 0.325. The maximum absolute atomic E-state index is 6.45. The molecule has 2 atom stereocenters. The first kappa shape index (κ1) is 32.6. The number of pyridine rings is 2. The van der Waals surface area contributed by atoms with Crippen molar-refractivity contribution in [2.24, 2.45) is 4.99 Å². The minimum Gasteiger partial charge on any atom is -0.437 e.